The maximum Gasteiger partial charge on any atom is 0.449 e. The number of carboxylic acid groups (broad SMARTS) is 1. The van der Waals surface area contributed by atoms with E-state index >= 15 is 0 Å². The average Bonchev–Trinajstić information content (AvgIpc) is 3.44. The molecule has 2 unspecified atom stereocenters. The summed E-state index contributed by atoms with van der Waals surface area (Å²) in [4.78, 5) is 17.4. The van der Waals surface area contributed by atoms with Crippen LogP contribution in [-0.2, 0) is 19.3 Å². The number of rotatable bonds is 6. The highest BCUT2D eigenvalue weighted by Crippen LogP contribution is 2.37. The Bertz CT molecular complexity index is 1540. The second-order valence-electron chi connectivity index (χ2n) is 9.82. The molecular formula is C27H24ClF3N4O2S. The van der Waals surface area contributed by atoms with Crippen LogP contribution in [0, 0.1) is 23.2 Å². The second kappa shape index (κ2) is 10.5. The summed E-state index contributed by atoms with van der Waals surface area (Å²) >= 11 is 7.68. The Morgan fingerprint density at radius 3 is 2.76 bits per heavy atom. The van der Waals surface area contributed by atoms with Crippen LogP contribution in [0.15, 0.2) is 41.8 Å². The molecule has 1 amide bonds. The highest BCUT2D eigenvalue weighted by molar-refractivity contribution is 7.17. The molecule has 11 heteroatoms. The van der Waals surface area contributed by atoms with Crippen molar-refractivity contribution in [1.82, 2.24) is 14.5 Å². The van der Waals surface area contributed by atoms with Crippen LogP contribution < -0.4 is 0 Å². The lowest BCUT2D eigenvalue weighted by molar-refractivity contribution is -0.147. The van der Waals surface area contributed by atoms with Gasteiger partial charge in [-0.2, -0.15) is 18.4 Å². The first kappa shape index (κ1) is 26.3. The van der Waals surface area contributed by atoms with Gasteiger partial charge in [0.15, 0.2) is 0 Å². The Morgan fingerprint density at radius 2 is 2.03 bits per heavy atom. The van der Waals surface area contributed by atoms with E-state index in [0.29, 0.717) is 18.0 Å². The molecule has 0 bridgehead atoms. The number of imidazole rings is 1. The van der Waals surface area contributed by atoms with Crippen LogP contribution in [0.2, 0.25) is 5.02 Å². The fraction of sp³-hybridized carbons (Fsp3) is 0.370. The number of aromatic nitrogens is 2. The molecule has 38 heavy (non-hydrogen) atoms. The van der Waals surface area contributed by atoms with Crippen LogP contribution in [-0.4, -0.2) is 32.2 Å². The van der Waals surface area contributed by atoms with Crippen molar-refractivity contribution in [2.45, 2.75) is 44.9 Å². The van der Waals surface area contributed by atoms with E-state index in [0.717, 1.165) is 34.9 Å². The normalized spacial score (nSPS) is 18.1. The molecule has 4 aromatic rings. The van der Waals surface area contributed by atoms with Crippen molar-refractivity contribution >= 4 is 50.2 Å². The fourth-order valence-electron chi connectivity index (χ4n) is 5.49. The topological polar surface area (TPSA) is 82.2 Å². The van der Waals surface area contributed by atoms with E-state index in [-0.39, 0.29) is 41.5 Å². The predicted octanol–water partition coefficient (Wildman–Crippen LogP) is 7.78. The highest BCUT2D eigenvalue weighted by Gasteiger charge is 2.38. The van der Waals surface area contributed by atoms with Crippen molar-refractivity contribution < 1.29 is 23.1 Å². The minimum atomic E-state index is -4.63. The van der Waals surface area contributed by atoms with Crippen LogP contribution >= 0.6 is 22.9 Å². The van der Waals surface area contributed by atoms with Gasteiger partial charge in [0.25, 0.3) is 0 Å². The molecular weight excluding hydrogens is 537 g/mol. The summed E-state index contributed by atoms with van der Waals surface area (Å²) in [6, 6.07) is 11.9. The minimum Gasteiger partial charge on any atom is -0.465 e. The van der Waals surface area contributed by atoms with E-state index in [9.17, 15) is 28.3 Å². The molecule has 2 heterocycles. The lowest BCUT2D eigenvalue weighted by atomic mass is 9.81. The van der Waals surface area contributed by atoms with E-state index in [2.05, 4.69) is 4.98 Å². The standard InChI is InChI=1S/C27H24ClF3N4O2S/c28-20-5-7-24-21(10-20)19(15-38-24)14-34(26(36)37)12-17-2-1-3-18(8-17)13-35-23-9-16(11-32)4-6-22(23)33-25(35)27(29,30)31/h4-7,9-10,15,17-18H,1-3,8,12-14H2,(H,36,37). The molecule has 6 nitrogen and oxygen atoms in total. The van der Waals surface area contributed by atoms with Crippen molar-refractivity contribution in [3.05, 3.63) is 63.8 Å². The monoisotopic (exact) mass is 560 g/mol. The van der Waals surface area contributed by atoms with Gasteiger partial charge in [-0.05, 0) is 83.8 Å². The molecule has 2 atom stereocenters. The lowest BCUT2D eigenvalue weighted by Crippen LogP contribution is -2.36. The Labute approximate surface area is 225 Å². The summed E-state index contributed by atoms with van der Waals surface area (Å²) in [7, 11) is 0. The highest BCUT2D eigenvalue weighted by atomic mass is 35.5. The van der Waals surface area contributed by atoms with Crippen molar-refractivity contribution in [3.63, 3.8) is 0 Å². The van der Waals surface area contributed by atoms with Gasteiger partial charge in [0.1, 0.15) is 0 Å². The molecule has 1 N–H and O–H groups in total. The summed E-state index contributed by atoms with van der Waals surface area (Å²) in [5.74, 6) is -1.02. The molecule has 0 aliphatic heterocycles. The van der Waals surface area contributed by atoms with Gasteiger partial charge in [-0.15, -0.1) is 11.3 Å². The van der Waals surface area contributed by atoms with Gasteiger partial charge >= 0.3 is 12.3 Å². The maximum absolute atomic E-state index is 13.8. The van der Waals surface area contributed by atoms with Crippen molar-refractivity contribution in [2.75, 3.05) is 6.54 Å². The van der Waals surface area contributed by atoms with Gasteiger partial charge in [-0.3, -0.25) is 0 Å². The maximum atomic E-state index is 13.8. The van der Waals surface area contributed by atoms with E-state index in [1.54, 1.807) is 6.07 Å². The third-order valence-corrected chi connectivity index (χ3v) is 8.44. The number of alkyl halides is 3. The number of benzene rings is 2. The average molecular weight is 561 g/mol. The zero-order valence-corrected chi connectivity index (χ0v) is 21.8. The molecule has 0 radical (unpaired) electrons. The second-order valence-corrected chi connectivity index (χ2v) is 11.2. The molecule has 5 rings (SSSR count). The first-order valence-corrected chi connectivity index (χ1v) is 13.5. The molecule has 2 aromatic carbocycles. The van der Waals surface area contributed by atoms with E-state index in [1.807, 2.05) is 23.6 Å². The quantitative estimate of drug-likeness (QED) is 0.261. The molecule has 2 aromatic heterocycles. The van der Waals surface area contributed by atoms with Gasteiger partial charge in [0.2, 0.25) is 5.82 Å². The number of fused-ring (bicyclic) bond motifs is 2. The number of hydrogen-bond acceptors (Lipinski definition) is 4. The molecule has 1 aliphatic carbocycles. The summed E-state index contributed by atoms with van der Waals surface area (Å²) in [5, 5.41) is 22.6. The third kappa shape index (κ3) is 5.45. The zero-order chi connectivity index (χ0) is 27.0. The number of carbonyl (C=O) groups is 1. The largest absolute Gasteiger partial charge is 0.465 e. The Kier molecular flexibility index (Phi) is 7.25. The summed E-state index contributed by atoms with van der Waals surface area (Å²) in [6.07, 6.45) is -2.70. The SMILES string of the molecule is N#Cc1ccc2nc(C(F)(F)F)n(CC3CCCC(CN(Cc4csc5ccc(Cl)cc45)C(=O)O)C3)c2c1. The lowest BCUT2D eigenvalue weighted by Gasteiger charge is -2.33. The molecule has 1 aliphatic rings. The van der Waals surface area contributed by atoms with Gasteiger partial charge in [-0.25, -0.2) is 9.78 Å². The van der Waals surface area contributed by atoms with Crippen molar-refractivity contribution in [1.29, 1.82) is 5.26 Å². The Balaban J connectivity index is 1.34. The van der Waals surface area contributed by atoms with E-state index in [4.69, 9.17) is 11.6 Å². The number of amides is 1. The summed E-state index contributed by atoms with van der Waals surface area (Å²) < 4.78 is 43.8. The first-order chi connectivity index (χ1) is 18.1. The number of thiophene rings is 1. The molecule has 198 valence electrons. The first-order valence-electron chi connectivity index (χ1n) is 12.2. The fourth-order valence-corrected chi connectivity index (χ4v) is 6.60. The zero-order valence-electron chi connectivity index (χ0n) is 20.2. The number of nitrogens with zero attached hydrogens (tertiary/aromatic N) is 4. The van der Waals surface area contributed by atoms with Crippen LogP contribution in [0.25, 0.3) is 21.1 Å². The Morgan fingerprint density at radius 1 is 1.24 bits per heavy atom. The van der Waals surface area contributed by atoms with Crippen LogP contribution in [0.1, 0.15) is 42.6 Å². The number of nitriles is 1. The molecule has 0 spiro atoms. The Hall–Kier alpha value is -3.29. The summed E-state index contributed by atoms with van der Waals surface area (Å²) in [5.41, 5.74) is 1.64. The van der Waals surface area contributed by atoms with E-state index in [1.165, 1.54) is 39.0 Å². The summed E-state index contributed by atoms with van der Waals surface area (Å²) in [6.45, 7) is 0.634. The minimum absolute atomic E-state index is 0.0251. The van der Waals surface area contributed by atoms with Gasteiger partial charge in [-0.1, -0.05) is 18.0 Å². The molecule has 1 saturated carbocycles. The number of hydrogen-bond donors (Lipinski definition) is 1. The smallest absolute Gasteiger partial charge is 0.449 e. The molecule has 0 saturated heterocycles. The van der Waals surface area contributed by atoms with E-state index < -0.39 is 18.1 Å². The van der Waals surface area contributed by atoms with Crippen molar-refractivity contribution in [3.8, 4) is 6.07 Å². The predicted molar refractivity (Wildman–Crippen MR) is 140 cm³/mol. The third-order valence-electron chi connectivity index (χ3n) is 7.19. The van der Waals surface area contributed by atoms with Gasteiger partial charge < -0.3 is 14.6 Å². The molecule has 1 fully saturated rings. The van der Waals surface area contributed by atoms with Crippen LogP contribution in [0.4, 0.5) is 18.0 Å². The number of halogens is 4. The van der Waals surface area contributed by atoms with Gasteiger partial charge in [0, 0.05) is 22.8 Å². The van der Waals surface area contributed by atoms with Crippen LogP contribution in [0.5, 0.6) is 0 Å². The van der Waals surface area contributed by atoms with Gasteiger partial charge in [0.05, 0.1) is 29.2 Å². The van der Waals surface area contributed by atoms with Crippen molar-refractivity contribution in [2.24, 2.45) is 11.8 Å². The van der Waals surface area contributed by atoms with Crippen LogP contribution in [0.3, 0.4) is 0 Å².